The van der Waals surface area contributed by atoms with Crippen molar-refractivity contribution in [2.24, 2.45) is 0 Å². The third-order valence-corrected chi connectivity index (χ3v) is 2.51. The van der Waals surface area contributed by atoms with Gasteiger partial charge in [0.2, 0.25) is 5.78 Å². The van der Waals surface area contributed by atoms with Crippen LogP contribution in [0, 0.1) is 0 Å². The summed E-state index contributed by atoms with van der Waals surface area (Å²) in [4.78, 5) is 12.0. The first-order chi connectivity index (χ1) is 7.72. The lowest BCUT2D eigenvalue weighted by molar-refractivity contribution is 0.0997. The minimum atomic E-state index is -0.204. The van der Waals surface area contributed by atoms with Crippen molar-refractivity contribution in [2.75, 3.05) is 0 Å². The SMILES string of the molecule is CCCn1nncc1C(=O)c1ccc(Br)o1. The molecule has 0 aliphatic rings. The molecule has 2 rings (SSSR count). The van der Waals surface area contributed by atoms with Crippen molar-refractivity contribution in [1.29, 1.82) is 0 Å². The van der Waals surface area contributed by atoms with E-state index in [9.17, 15) is 4.79 Å². The molecule has 0 aliphatic heterocycles. The van der Waals surface area contributed by atoms with Crippen LogP contribution in [0.25, 0.3) is 0 Å². The number of ketones is 1. The fraction of sp³-hybridized carbons (Fsp3) is 0.300. The third-order valence-electron chi connectivity index (χ3n) is 2.08. The monoisotopic (exact) mass is 283 g/mol. The van der Waals surface area contributed by atoms with E-state index in [-0.39, 0.29) is 11.5 Å². The second-order valence-electron chi connectivity index (χ2n) is 3.28. The molecule has 2 aromatic heterocycles. The Hall–Kier alpha value is -1.43. The molecule has 0 atom stereocenters. The maximum absolute atomic E-state index is 12.0. The van der Waals surface area contributed by atoms with E-state index in [1.54, 1.807) is 16.8 Å². The molecule has 0 fully saturated rings. The summed E-state index contributed by atoms with van der Waals surface area (Å²) in [6.45, 7) is 2.68. The summed E-state index contributed by atoms with van der Waals surface area (Å²) in [5.41, 5.74) is 0.448. The number of rotatable bonds is 4. The van der Waals surface area contributed by atoms with Crippen LogP contribution in [0.2, 0.25) is 0 Å². The van der Waals surface area contributed by atoms with Crippen LogP contribution in [-0.4, -0.2) is 20.8 Å². The topological polar surface area (TPSA) is 60.9 Å². The lowest BCUT2D eigenvalue weighted by Crippen LogP contribution is -2.10. The molecule has 6 heteroatoms. The summed E-state index contributed by atoms with van der Waals surface area (Å²) in [6.07, 6.45) is 2.35. The number of carbonyl (C=O) groups is 1. The minimum absolute atomic E-state index is 0.204. The Bertz CT molecular complexity index is 504. The summed E-state index contributed by atoms with van der Waals surface area (Å²) in [7, 11) is 0. The Morgan fingerprint density at radius 1 is 1.56 bits per heavy atom. The van der Waals surface area contributed by atoms with E-state index in [0.717, 1.165) is 6.42 Å². The normalized spacial score (nSPS) is 10.6. The standard InChI is InChI=1S/C10H10BrN3O2/c1-2-5-14-7(6-12-13-14)10(15)8-3-4-9(11)16-8/h3-4,6H,2,5H2,1H3. The number of hydrogen-bond acceptors (Lipinski definition) is 4. The van der Waals surface area contributed by atoms with Gasteiger partial charge < -0.3 is 4.42 Å². The summed E-state index contributed by atoms with van der Waals surface area (Å²) in [5, 5.41) is 7.58. The molecule has 5 nitrogen and oxygen atoms in total. The van der Waals surface area contributed by atoms with Gasteiger partial charge in [-0.3, -0.25) is 4.79 Å². The minimum Gasteiger partial charge on any atom is -0.446 e. The summed E-state index contributed by atoms with van der Waals surface area (Å²) >= 11 is 3.16. The van der Waals surface area contributed by atoms with Crippen molar-refractivity contribution in [3.05, 3.63) is 34.5 Å². The Morgan fingerprint density at radius 3 is 3.00 bits per heavy atom. The van der Waals surface area contributed by atoms with Gasteiger partial charge in [0.15, 0.2) is 10.4 Å². The van der Waals surface area contributed by atoms with E-state index < -0.39 is 0 Å². The van der Waals surface area contributed by atoms with Crippen LogP contribution in [0.1, 0.15) is 29.6 Å². The molecule has 2 aromatic rings. The zero-order valence-corrected chi connectivity index (χ0v) is 10.3. The van der Waals surface area contributed by atoms with Crippen LogP contribution in [0.15, 0.2) is 27.4 Å². The highest BCUT2D eigenvalue weighted by Gasteiger charge is 2.18. The zero-order valence-electron chi connectivity index (χ0n) is 8.68. The summed E-state index contributed by atoms with van der Waals surface area (Å²) < 4.78 is 7.32. The number of furan rings is 1. The third kappa shape index (κ3) is 2.06. The number of hydrogen-bond donors (Lipinski definition) is 0. The van der Waals surface area contributed by atoms with Crippen molar-refractivity contribution in [3.8, 4) is 0 Å². The predicted octanol–water partition coefficient (Wildman–Crippen LogP) is 2.27. The number of nitrogens with zero attached hydrogens (tertiary/aromatic N) is 3. The molecule has 16 heavy (non-hydrogen) atoms. The molecular formula is C10H10BrN3O2. The second kappa shape index (κ2) is 4.61. The quantitative estimate of drug-likeness (QED) is 0.808. The predicted molar refractivity (Wildman–Crippen MR) is 60.2 cm³/mol. The molecule has 84 valence electrons. The van der Waals surface area contributed by atoms with Crippen LogP contribution >= 0.6 is 15.9 Å². The molecule has 0 radical (unpaired) electrons. The van der Waals surface area contributed by atoms with Crippen molar-refractivity contribution < 1.29 is 9.21 Å². The van der Waals surface area contributed by atoms with Crippen LogP contribution in [0.3, 0.4) is 0 Å². The lowest BCUT2D eigenvalue weighted by Gasteiger charge is -2.01. The molecule has 0 aliphatic carbocycles. The van der Waals surface area contributed by atoms with E-state index in [1.807, 2.05) is 6.92 Å². The molecule has 0 spiro atoms. The largest absolute Gasteiger partial charge is 0.446 e. The van der Waals surface area contributed by atoms with Crippen LogP contribution in [0.4, 0.5) is 0 Å². The van der Waals surface area contributed by atoms with Crippen LogP contribution in [0.5, 0.6) is 0 Å². The smallest absolute Gasteiger partial charge is 0.247 e. The van der Waals surface area contributed by atoms with Gasteiger partial charge in [-0.1, -0.05) is 12.1 Å². The highest BCUT2D eigenvalue weighted by atomic mass is 79.9. The van der Waals surface area contributed by atoms with Gasteiger partial charge >= 0.3 is 0 Å². The molecule has 0 N–H and O–H groups in total. The number of aryl methyl sites for hydroxylation is 1. The molecular weight excluding hydrogens is 274 g/mol. The van der Waals surface area contributed by atoms with Crippen LogP contribution < -0.4 is 0 Å². The fourth-order valence-corrected chi connectivity index (χ4v) is 1.68. The van der Waals surface area contributed by atoms with Crippen molar-refractivity contribution in [2.45, 2.75) is 19.9 Å². The van der Waals surface area contributed by atoms with Gasteiger partial charge in [0, 0.05) is 6.54 Å². The van der Waals surface area contributed by atoms with Gasteiger partial charge in [-0.05, 0) is 34.5 Å². The Balaban J connectivity index is 2.30. The first-order valence-electron chi connectivity index (χ1n) is 4.91. The van der Waals surface area contributed by atoms with Gasteiger partial charge in [0.05, 0.1) is 6.20 Å². The highest BCUT2D eigenvalue weighted by molar-refractivity contribution is 9.10. The zero-order chi connectivity index (χ0) is 11.5. The second-order valence-corrected chi connectivity index (χ2v) is 4.06. The van der Waals surface area contributed by atoms with Crippen molar-refractivity contribution >= 4 is 21.7 Å². The molecule has 0 unspecified atom stereocenters. The van der Waals surface area contributed by atoms with Gasteiger partial charge in [0.25, 0.3) is 0 Å². The molecule has 0 aromatic carbocycles. The van der Waals surface area contributed by atoms with E-state index in [4.69, 9.17) is 4.42 Å². The van der Waals surface area contributed by atoms with Crippen LogP contribution in [-0.2, 0) is 6.54 Å². The van der Waals surface area contributed by atoms with E-state index >= 15 is 0 Å². The summed E-state index contributed by atoms with van der Waals surface area (Å²) in [6, 6.07) is 3.30. The maximum atomic E-state index is 12.0. The Morgan fingerprint density at radius 2 is 2.38 bits per heavy atom. The molecule has 0 bridgehead atoms. The first-order valence-corrected chi connectivity index (χ1v) is 5.70. The van der Waals surface area contributed by atoms with Gasteiger partial charge in [0.1, 0.15) is 5.69 Å². The number of aromatic nitrogens is 3. The van der Waals surface area contributed by atoms with Crippen molar-refractivity contribution in [3.63, 3.8) is 0 Å². The van der Waals surface area contributed by atoms with Crippen molar-refractivity contribution in [1.82, 2.24) is 15.0 Å². The van der Waals surface area contributed by atoms with E-state index in [0.29, 0.717) is 16.9 Å². The maximum Gasteiger partial charge on any atom is 0.247 e. The highest BCUT2D eigenvalue weighted by Crippen LogP contribution is 2.17. The number of halogens is 1. The van der Waals surface area contributed by atoms with E-state index in [2.05, 4.69) is 26.2 Å². The first kappa shape index (κ1) is 11.1. The molecule has 0 amide bonds. The number of carbonyl (C=O) groups excluding carboxylic acids is 1. The lowest BCUT2D eigenvalue weighted by atomic mass is 10.2. The molecule has 2 heterocycles. The molecule has 0 saturated heterocycles. The van der Waals surface area contributed by atoms with Gasteiger partial charge in [-0.25, -0.2) is 4.68 Å². The van der Waals surface area contributed by atoms with Gasteiger partial charge in [-0.15, -0.1) is 5.10 Å². The van der Waals surface area contributed by atoms with Gasteiger partial charge in [-0.2, -0.15) is 0 Å². The molecule has 0 saturated carbocycles. The fourth-order valence-electron chi connectivity index (χ4n) is 1.37. The average Bonchev–Trinajstić information content (AvgIpc) is 2.87. The van der Waals surface area contributed by atoms with E-state index in [1.165, 1.54) is 6.20 Å². The Labute approximate surface area is 101 Å². The average molecular weight is 284 g/mol. The summed E-state index contributed by atoms with van der Waals surface area (Å²) in [5.74, 6) is 0.0793. The Kier molecular flexibility index (Phi) is 3.19.